The van der Waals surface area contributed by atoms with E-state index in [0.717, 1.165) is 33.6 Å². The van der Waals surface area contributed by atoms with Crippen LogP contribution in [-0.2, 0) is 4.74 Å². The van der Waals surface area contributed by atoms with Gasteiger partial charge in [-0.3, -0.25) is 5.10 Å². The van der Waals surface area contributed by atoms with Crippen LogP contribution in [-0.4, -0.2) is 34.9 Å². The van der Waals surface area contributed by atoms with E-state index in [0.29, 0.717) is 31.0 Å². The van der Waals surface area contributed by atoms with Crippen molar-refractivity contribution in [1.29, 1.82) is 5.26 Å². The van der Waals surface area contributed by atoms with Gasteiger partial charge in [0.25, 0.3) is 0 Å². The molecule has 2 aliphatic heterocycles. The number of hydrogen-bond acceptors (Lipinski definition) is 4. The van der Waals surface area contributed by atoms with Crippen molar-refractivity contribution in [1.82, 2.24) is 15.1 Å². The minimum Gasteiger partial charge on any atom is -0.373 e. The maximum Gasteiger partial charge on any atom is 0.196 e. The number of nitrogens with zero attached hydrogens (tertiary/aromatic N) is 4. The zero-order chi connectivity index (χ0) is 17.6. The Morgan fingerprint density at radius 1 is 1.44 bits per heavy atom. The SMILES string of the molecule is [C-]#[N+]C1=C(C)N2CCOCC2=C(C#N)C1c1ccc2n[nH]c(C)c2c1. The van der Waals surface area contributed by atoms with Gasteiger partial charge in [0.1, 0.15) is 0 Å². The average molecular weight is 331 g/mol. The molecule has 6 nitrogen and oxygen atoms in total. The maximum atomic E-state index is 9.86. The Kier molecular flexibility index (Phi) is 3.56. The van der Waals surface area contributed by atoms with Crippen LogP contribution in [0.4, 0.5) is 0 Å². The molecule has 0 bridgehead atoms. The highest BCUT2D eigenvalue weighted by atomic mass is 16.5. The van der Waals surface area contributed by atoms with Gasteiger partial charge >= 0.3 is 0 Å². The monoisotopic (exact) mass is 331 g/mol. The van der Waals surface area contributed by atoms with E-state index in [1.165, 1.54) is 0 Å². The molecule has 1 saturated heterocycles. The van der Waals surface area contributed by atoms with Crippen molar-refractivity contribution in [3.05, 3.63) is 63.5 Å². The second kappa shape index (κ2) is 5.77. The standard InChI is InChI=1S/C19H17N5O/c1-11-14-8-13(4-5-16(14)23-22-11)18-15(9-20)17-10-25-7-6-24(17)12(2)19(18)21-3/h4-5,8,18H,6-7,10H2,1-2H3,(H,22,23). The van der Waals surface area contributed by atoms with Gasteiger partial charge in [0.15, 0.2) is 5.70 Å². The average Bonchev–Trinajstić information content (AvgIpc) is 3.02. The van der Waals surface area contributed by atoms with Crippen molar-refractivity contribution in [2.75, 3.05) is 19.8 Å². The van der Waals surface area contributed by atoms with Crippen LogP contribution >= 0.6 is 0 Å². The first-order valence-electron chi connectivity index (χ1n) is 8.17. The minimum atomic E-state index is -0.353. The van der Waals surface area contributed by atoms with Crippen LogP contribution in [0, 0.1) is 24.8 Å². The number of aromatic nitrogens is 2. The lowest BCUT2D eigenvalue weighted by molar-refractivity contribution is 0.0835. The van der Waals surface area contributed by atoms with E-state index in [1.807, 2.05) is 32.0 Å². The highest BCUT2D eigenvalue weighted by molar-refractivity contribution is 5.82. The first-order chi connectivity index (χ1) is 12.2. The summed E-state index contributed by atoms with van der Waals surface area (Å²) in [7, 11) is 0. The summed E-state index contributed by atoms with van der Waals surface area (Å²) in [4.78, 5) is 5.87. The Labute approximate surface area is 145 Å². The molecule has 0 amide bonds. The third kappa shape index (κ3) is 2.23. The maximum absolute atomic E-state index is 9.86. The normalized spacial score (nSPS) is 20.5. The van der Waals surface area contributed by atoms with Gasteiger partial charge in [0.2, 0.25) is 0 Å². The summed E-state index contributed by atoms with van der Waals surface area (Å²) < 4.78 is 5.58. The van der Waals surface area contributed by atoms with Crippen molar-refractivity contribution in [3.8, 4) is 6.07 Å². The number of benzene rings is 1. The van der Waals surface area contributed by atoms with E-state index in [-0.39, 0.29) is 5.92 Å². The number of aryl methyl sites for hydroxylation is 1. The van der Waals surface area contributed by atoms with Crippen LogP contribution in [0.5, 0.6) is 0 Å². The van der Waals surface area contributed by atoms with Gasteiger partial charge in [0.05, 0.1) is 48.6 Å². The molecule has 1 fully saturated rings. The molecule has 6 heteroatoms. The van der Waals surface area contributed by atoms with Crippen LogP contribution in [0.3, 0.4) is 0 Å². The highest BCUT2D eigenvalue weighted by Gasteiger charge is 2.36. The van der Waals surface area contributed by atoms with Crippen molar-refractivity contribution in [3.63, 3.8) is 0 Å². The number of aromatic amines is 1. The third-order valence-corrected chi connectivity index (χ3v) is 5.02. The molecule has 4 rings (SSSR count). The lowest BCUT2D eigenvalue weighted by Crippen LogP contribution is -2.38. The lowest BCUT2D eigenvalue weighted by atomic mass is 9.83. The van der Waals surface area contributed by atoms with E-state index in [1.54, 1.807) is 0 Å². The Bertz CT molecular complexity index is 1010. The zero-order valence-corrected chi connectivity index (χ0v) is 14.1. The predicted octanol–water partition coefficient (Wildman–Crippen LogP) is 3.23. The summed E-state index contributed by atoms with van der Waals surface area (Å²) in [5.74, 6) is -0.353. The van der Waals surface area contributed by atoms with Crippen molar-refractivity contribution < 1.29 is 4.74 Å². The van der Waals surface area contributed by atoms with Gasteiger partial charge in [-0.15, -0.1) is 0 Å². The van der Waals surface area contributed by atoms with Crippen LogP contribution in [0.15, 0.2) is 40.9 Å². The molecule has 25 heavy (non-hydrogen) atoms. The van der Waals surface area contributed by atoms with E-state index >= 15 is 0 Å². The van der Waals surface area contributed by atoms with Gasteiger partial charge in [-0.05, 0) is 31.5 Å². The minimum absolute atomic E-state index is 0.353. The highest BCUT2D eigenvalue weighted by Crippen LogP contribution is 2.43. The van der Waals surface area contributed by atoms with Gasteiger partial charge in [-0.25, -0.2) is 4.85 Å². The Morgan fingerprint density at radius 3 is 3.04 bits per heavy atom. The smallest absolute Gasteiger partial charge is 0.196 e. The van der Waals surface area contributed by atoms with Crippen molar-refractivity contribution >= 4 is 10.9 Å². The van der Waals surface area contributed by atoms with Crippen LogP contribution in [0.2, 0.25) is 0 Å². The fraction of sp³-hybridized carbons (Fsp3) is 0.316. The number of nitrogens with one attached hydrogen (secondary N) is 1. The van der Waals surface area contributed by atoms with Gasteiger partial charge in [-0.2, -0.15) is 10.4 Å². The van der Waals surface area contributed by atoms with Gasteiger partial charge in [0, 0.05) is 23.3 Å². The Morgan fingerprint density at radius 2 is 2.28 bits per heavy atom. The summed E-state index contributed by atoms with van der Waals surface area (Å²) in [5.41, 5.74) is 5.83. The first-order valence-corrected chi connectivity index (χ1v) is 8.17. The number of rotatable bonds is 1. The molecule has 0 saturated carbocycles. The molecule has 2 aromatic rings. The topological polar surface area (TPSA) is 69.3 Å². The molecule has 2 aliphatic rings. The van der Waals surface area contributed by atoms with Gasteiger partial charge in [-0.1, -0.05) is 6.07 Å². The van der Waals surface area contributed by atoms with Crippen LogP contribution in [0.25, 0.3) is 15.7 Å². The summed E-state index contributed by atoms with van der Waals surface area (Å²) in [5, 5.41) is 18.1. The summed E-state index contributed by atoms with van der Waals surface area (Å²) in [6.45, 7) is 13.3. The third-order valence-electron chi connectivity index (χ3n) is 5.02. The number of hydrogen-bond donors (Lipinski definition) is 1. The van der Waals surface area contributed by atoms with E-state index in [2.05, 4.69) is 26.0 Å². The number of fused-ring (bicyclic) bond motifs is 2. The zero-order valence-electron chi connectivity index (χ0n) is 14.1. The molecule has 0 aliphatic carbocycles. The van der Waals surface area contributed by atoms with Crippen LogP contribution in [0.1, 0.15) is 24.1 Å². The molecular weight excluding hydrogens is 314 g/mol. The second-order valence-electron chi connectivity index (χ2n) is 6.32. The Balaban J connectivity index is 1.94. The largest absolute Gasteiger partial charge is 0.373 e. The summed E-state index contributed by atoms with van der Waals surface area (Å²) >= 11 is 0. The molecule has 1 unspecified atom stereocenters. The first kappa shape index (κ1) is 15.4. The van der Waals surface area contributed by atoms with E-state index < -0.39 is 0 Å². The molecule has 1 atom stereocenters. The fourth-order valence-corrected chi connectivity index (χ4v) is 3.72. The molecule has 1 aromatic carbocycles. The molecule has 3 heterocycles. The second-order valence-corrected chi connectivity index (χ2v) is 6.32. The number of allylic oxidation sites excluding steroid dienone is 2. The quantitative estimate of drug-likeness (QED) is 0.815. The molecule has 124 valence electrons. The van der Waals surface area contributed by atoms with E-state index in [9.17, 15) is 5.26 Å². The molecule has 0 spiro atoms. The number of nitriles is 1. The van der Waals surface area contributed by atoms with Crippen LogP contribution < -0.4 is 0 Å². The molecule has 1 aromatic heterocycles. The van der Waals surface area contributed by atoms with E-state index in [4.69, 9.17) is 11.3 Å². The predicted molar refractivity (Wildman–Crippen MR) is 93.0 cm³/mol. The summed E-state index contributed by atoms with van der Waals surface area (Å²) in [6, 6.07) is 8.29. The number of H-pyrrole nitrogens is 1. The van der Waals surface area contributed by atoms with Crippen molar-refractivity contribution in [2.45, 2.75) is 19.8 Å². The van der Waals surface area contributed by atoms with Crippen molar-refractivity contribution in [2.24, 2.45) is 0 Å². The Hall–Kier alpha value is -3.09. The fourth-order valence-electron chi connectivity index (χ4n) is 3.72. The lowest BCUT2D eigenvalue weighted by Gasteiger charge is -2.39. The molecule has 1 N–H and O–H groups in total. The van der Waals surface area contributed by atoms with Gasteiger partial charge < -0.3 is 9.64 Å². The number of morpholine rings is 1. The summed E-state index contributed by atoms with van der Waals surface area (Å²) in [6.07, 6.45) is 0. The molecular formula is C19H17N5O. The number of ether oxygens (including phenoxy) is 1. The molecule has 0 radical (unpaired) electrons.